The molecular weight excluding hydrogens is 368 g/mol. The second kappa shape index (κ2) is 8.13. The van der Waals surface area contributed by atoms with Gasteiger partial charge in [-0.25, -0.2) is 15.2 Å². The van der Waals surface area contributed by atoms with Gasteiger partial charge in [-0.05, 0) is 36.2 Å². The van der Waals surface area contributed by atoms with Gasteiger partial charge in [-0.15, -0.1) is 0 Å². The Bertz CT molecular complexity index is 879. The van der Waals surface area contributed by atoms with Crippen molar-refractivity contribution in [3.63, 3.8) is 0 Å². The number of nitrogens with zero attached hydrogens (tertiary/aromatic N) is 2. The Morgan fingerprint density at radius 3 is 2.59 bits per heavy atom. The Labute approximate surface area is 170 Å². The minimum atomic E-state index is -0.490. The molecule has 0 unspecified atom stereocenters. The first-order valence-electron chi connectivity index (χ1n) is 9.94. The Hall–Kier alpha value is -3.06. The number of rotatable bonds is 5. The van der Waals surface area contributed by atoms with Gasteiger partial charge in [0, 0.05) is 32.4 Å². The van der Waals surface area contributed by atoms with E-state index in [0.717, 1.165) is 17.0 Å². The number of carbonyl (C=O) groups is 2. The molecule has 1 spiro atoms. The first kappa shape index (κ1) is 19.3. The number of hydrogen-bond donors (Lipinski definition) is 2. The van der Waals surface area contributed by atoms with Crippen molar-refractivity contribution in [3.8, 4) is 5.75 Å². The summed E-state index contributed by atoms with van der Waals surface area (Å²) in [6.07, 6.45) is 2.50. The van der Waals surface area contributed by atoms with Crippen LogP contribution in [-0.4, -0.2) is 42.7 Å². The van der Waals surface area contributed by atoms with Crippen molar-refractivity contribution in [1.82, 2.24) is 15.6 Å². The summed E-state index contributed by atoms with van der Waals surface area (Å²) in [5.74, 6) is 0.952. The van der Waals surface area contributed by atoms with Crippen LogP contribution in [0.2, 0.25) is 0 Å². The molecule has 0 aliphatic carbocycles. The van der Waals surface area contributed by atoms with Gasteiger partial charge in [0.1, 0.15) is 11.4 Å². The number of urea groups is 1. The fourth-order valence-electron chi connectivity index (χ4n) is 3.92. The van der Waals surface area contributed by atoms with Gasteiger partial charge in [0.05, 0.1) is 12.8 Å². The summed E-state index contributed by atoms with van der Waals surface area (Å²) in [7, 11) is 1.64. The summed E-state index contributed by atoms with van der Waals surface area (Å²) in [5, 5.41) is 4.63. The van der Waals surface area contributed by atoms with E-state index in [1.54, 1.807) is 12.1 Å². The molecule has 29 heavy (non-hydrogen) atoms. The molecule has 0 aromatic heterocycles. The monoisotopic (exact) mass is 394 g/mol. The number of nitrogens with one attached hydrogen (secondary N) is 2. The van der Waals surface area contributed by atoms with Crippen molar-refractivity contribution in [1.29, 1.82) is 0 Å². The second-order valence-electron chi connectivity index (χ2n) is 7.53. The SMILES string of the molecule is COc1cccc(CCC(=O)N2CCC3(CC2)NC(=O)N(c2ccccc2)N3)c1. The second-order valence-corrected chi connectivity index (χ2v) is 7.53. The number of benzene rings is 2. The van der Waals surface area contributed by atoms with Gasteiger partial charge >= 0.3 is 6.03 Å². The van der Waals surface area contributed by atoms with Crippen molar-refractivity contribution in [2.75, 3.05) is 25.2 Å². The maximum Gasteiger partial charge on any atom is 0.338 e. The third-order valence-electron chi connectivity index (χ3n) is 5.62. The van der Waals surface area contributed by atoms with Crippen LogP contribution in [0, 0.1) is 0 Å². The number of carbonyl (C=O) groups excluding carboxylic acids is 2. The molecule has 2 aromatic rings. The Kier molecular flexibility index (Phi) is 5.40. The number of ether oxygens (including phenoxy) is 1. The summed E-state index contributed by atoms with van der Waals surface area (Å²) >= 11 is 0. The van der Waals surface area contributed by atoms with E-state index in [1.165, 1.54) is 0 Å². The van der Waals surface area contributed by atoms with E-state index >= 15 is 0 Å². The predicted molar refractivity (Wildman–Crippen MR) is 110 cm³/mol. The fraction of sp³-hybridized carbons (Fsp3) is 0.364. The standard InChI is InChI=1S/C22H26N4O3/c1-29-19-9-5-6-17(16-19)10-11-20(27)25-14-12-22(13-15-25)23-21(28)26(24-22)18-7-3-2-4-8-18/h2-9,16,24H,10-15H2,1H3,(H,23,28). The number of likely N-dealkylation sites (tertiary alicyclic amines) is 1. The highest BCUT2D eigenvalue weighted by atomic mass is 16.5. The third kappa shape index (κ3) is 4.19. The van der Waals surface area contributed by atoms with E-state index in [9.17, 15) is 9.59 Å². The number of hydrazine groups is 1. The van der Waals surface area contributed by atoms with E-state index in [1.807, 2.05) is 59.5 Å². The fourth-order valence-corrected chi connectivity index (χ4v) is 3.92. The molecule has 3 amide bonds. The molecule has 0 radical (unpaired) electrons. The molecule has 152 valence electrons. The highest BCUT2D eigenvalue weighted by molar-refractivity contribution is 5.93. The topological polar surface area (TPSA) is 73.9 Å². The van der Waals surface area contributed by atoms with E-state index in [-0.39, 0.29) is 11.9 Å². The normalized spacial score (nSPS) is 18.0. The highest BCUT2D eigenvalue weighted by Gasteiger charge is 2.45. The van der Waals surface area contributed by atoms with Crippen molar-refractivity contribution in [3.05, 3.63) is 60.2 Å². The van der Waals surface area contributed by atoms with Crippen LogP contribution in [0.15, 0.2) is 54.6 Å². The van der Waals surface area contributed by atoms with Crippen LogP contribution in [-0.2, 0) is 11.2 Å². The van der Waals surface area contributed by atoms with E-state index in [4.69, 9.17) is 4.74 Å². The third-order valence-corrected chi connectivity index (χ3v) is 5.62. The van der Waals surface area contributed by atoms with Gasteiger partial charge in [0.25, 0.3) is 0 Å². The van der Waals surface area contributed by atoms with Crippen LogP contribution in [0.1, 0.15) is 24.8 Å². The molecule has 0 bridgehead atoms. The molecule has 2 fully saturated rings. The zero-order chi connectivity index (χ0) is 20.3. The summed E-state index contributed by atoms with van der Waals surface area (Å²) < 4.78 is 5.24. The molecule has 0 saturated carbocycles. The molecule has 2 N–H and O–H groups in total. The van der Waals surface area contributed by atoms with Gasteiger partial charge in [-0.1, -0.05) is 30.3 Å². The molecule has 2 aromatic carbocycles. The van der Waals surface area contributed by atoms with Crippen LogP contribution < -0.4 is 20.5 Å². The lowest BCUT2D eigenvalue weighted by atomic mass is 9.97. The van der Waals surface area contributed by atoms with Gasteiger partial charge in [-0.2, -0.15) is 0 Å². The molecule has 2 heterocycles. The van der Waals surface area contributed by atoms with Gasteiger partial charge < -0.3 is 15.0 Å². The predicted octanol–water partition coefficient (Wildman–Crippen LogP) is 2.68. The lowest BCUT2D eigenvalue weighted by Gasteiger charge is -2.39. The van der Waals surface area contributed by atoms with E-state index in [2.05, 4.69) is 10.7 Å². The number of para-hydroxylation sites is 1. The number of anilines is 1. The minimum absolute atomic E-state index is 0.145. The number of amides is 3. The Balaban J connectivity index is 1.31. The summed E-state index contributed by atoms with van der Waals surface area (Å²) in [4.78, 5) is 27.0. The quantitative estimate of drug-likeness (QED) is 0.818. The molecule has 2 aliphatic rings. The zero-order valence-electron chi connectivity index (χ0n) is 16.6. The molecule has 0 atom stereocenters. The Morgan fingerprint density at radius 2 is 1.86 bits per heavy atom. The largest absolute Gasteiger partial charge is 0.497 e. The van der Waals surface area contributed by atoms with Crippen LogP contribution >= 0.6 is 0 Å². The number of piperidine rings is 1. The molecule has 2 saturated heterocycles. The lowest BCUT2D eigenvalue weighted by molar-refractivity contribution is -0.132. The molecular formula is C22H26N4O3. The number of aryl methyl sites for hydroxylation is 1. The summed E-state index contributed by atoms with van der Waals surface area (Å²) in [5.41, 5.74) is 4.73. The van der Waals surface area contributed by atoms with Crippen molar-refractivity contribution >= 4 is 17.6 Å². The first-order chi connectivity index (χ1) is 14.1. The van der Waals surface area contributed by atoms with Crippen molar-refractivity contribution in [2.24, 2.45) is 0 Å². The lowest BCUT2D eigenvalue weighted by Crippen LogP contribution is -2.58. The van der Waals surface area contributed by atoms with Crippen LogP contribution in [0.4, 0.5) is 10.5 Å². The maximum absolute atomic E-state index is 12.7. The van der Waals surface area contributed by atoms with Crippen LogP contribution in [0.3, 0.4) is 0 Å². The maximum atomic E-state index is 12.7. The van der Waals surface area contributed by atoms with Crippen molar-refractivity contribution in [2.45, 2.75) is 31.3 Å². The number of hydrogen-bond acceptors (Lipinski definition) is 4. The van der Waals surface area contributed by atoms with Gasteiger partial charge in [-0.3, -0.25) is 4.79 Å². The molecule has 7 nitrogen and oxygen atoms in total. The summed E-state index contributed by atoms with van der Waals surface area (Å²) in [6.45, 7) is 1.24. The first-order valence-corrected chi connectivity index (χ1v) is 9.94. The molecule has 4 rings (SSSR count). The van der Waals surface area contributed by atoms with Crippen LogP contribution in [0.5, 0.6) is 5.75 Å². The smallest absolute Gasteiger partial charge is 0.338 e. The van der Waals surface area contributed by atoms with Crippen LogP contribution in [0.25, 0.3) is 0 Å². The average Bonchev–Trinajstić information content (AvgIpc) is 3.09. The average molecular weight is 394 g/mol. The van der Waals surface area contributed by atoms with Gasteiger partial charge in [0.15, 0.2) is 0 Å². The Morgan fingerprint density at radius 1 is 1.10 bits per heavy atom. The van der Waals surface area contributed by atoms with Crippen molar-refractivity contribution < 1.29 is 14.3 Å². The minimum Gasteiger partial charge on any atom is -0.497 e. The van der Waals surface area contributed by atoms with E-state index in [0.29, 0.717) is 38.8 Å². The highest BCUT2D eigenvalue weighted by Crippen LogP contribution is 2.27. The molecule has 7 heteroatoms. The number of methoxy groups -OCH3 is 1. The zero-order valence-corrected chi connectivity index (χ0v) is 16.6. The molecule has 2 aliphatic heterocycles. The van der Waals surface area contributed by atoms with E-state index < -0.39 is 5.66 Å². The van der Waals surface area contributed by atoms with Gasteiger partial charge in [0.2, 0.25) is 5.91 Å². The summed E-state index contributed by atoms with van der Waals surface area (Å²) in [6, 6.07) is 17.2.